The molecule has 1 atom stereocenters. The molecule has 1 aromatic carbocycles. The molecule has 0 radical (unpaired) electrons. The Morgan fingerprint density at radius 1 is 1.30 bits per heavy atom. The molecule has 0 fully saturated rings. The third kappa shape index (κ3) is 3.69. The van der Waals surface area contributed by atoms with Crippen LogP contribution < -0.4 is 8.92 Å². The molecule has 0 aliphatic carbocycles. The monoisotopic (exact) mass is 344 g/mol. The fourth-order valence-corrected chi connectivity index (χ4v) is 2.69. The predicted molar refractivity (Wildman–Crippen MR) is 82.1 cm³/mol. The lowest BCUT2D eigenvalue weighted by molar-refractivity contribution is -0.0829. The van der Waals surface area contributed by atoms with Crippen LogP contribution in [0.25, 0.3) is 0 Å². The van der Waals surface area contributed by atoms with Gasteiger partial charge in [0.1, 0.15) is 11.5 Å². The van der Waals surface area contributed by atoms with E-state index in [4.69, 9.17) is 18.4 Å². The third-order valence-corrected chi connectivity index (χ3v) is 4.66. The maximum Gasteiger partial charge on any atom is 0.511 e. The van der Waals surface area contributed by atoms with Gasteiger partial charge in [-0.05, 0) is 45.9 Å². The number of hydrogen-bond acceptors (Lipinski definition) is 7. The predicted octanol–water partition coefficient (Wildman–Crippen LogP) is 2.58. The van der Waals surface area contributed by atoms with E-state index in [9.17, 15) is 13.2 Å². The van der Waals surface area contributed by atoms with E-state index < -0.39 is 28.0 Å². The highest BCUT2D eigenvalue weighted by atomic mass is 32.2. The van der Waals surface area contributed by atoms with Crippen molar-refractivity contribution in [3.63, 3.8) is 0 Å². The van der Waals surface area contributed by atoms with Crippen molar-refractivity contribution < 1.29 is 31.6 Å². The molecule has 1 aliphatic rings. The van der Waals surface area contributed by atoms with Crippen molar-refractivity contribution in [1.29, 1.82) is 0 Å². The molecule has 1 unspecified atom stereocenters. The zero-order valence-corrected chi connectivity index (χ0v) is 14.3. The summed E-state index contributed by atoms with van der Waals surface area (Å²) in [7, 11) is -3.61. The van der Waals surface area contributed by atoms with E-state index in [1.165, 1.54) is 13.0 Å². The highest BCUT2D eigenvalue weighted by Crippen LogP contribution is 2.45. The molecular weight excluding hydrogens is 324 g/mol. The van der Waals surface area contributed by atoms with Gasteiger partial charge in [0.05, 0.1) is 17.8 Å². The van der Waals surface area contributed by atoms with Gasteiger partial charge in [-0.3, -0.25) is 0 Å². The first-order valence-electron chi connectivity index (χ1n) is 7.26. The lowest BCUT2D eigenvalue weighted by Crippen LogP contribution is -2.36. The zero-order valence-electron chi connectivity index (χ0n) is 13.5. The van der Waals surface area contributed by atoms with E-state index in [2.05, 4.69) is 0 Å². The molecular formula is C15H20O7S. The molecule has 0 N–H and O–H groups in total. The summed E-state index contributed by atoms with van der Waals surface area (Å²) in [6.45, 7) is 7.01. The first-order chi connectivity index (χ1) is 10.7. The van der Waals surface area contributed by atoms with Gasteiger partial charge in [0.15, 0.2) is 0 Å². The van der Waals surface area contributed by atoms with Crippen LogP contribution in [0.15, 0.2) is 18.2 Å². The number of carbonyl (C=O) groups excluding carboxylic acids is 1. The summed E-state index contributed by atoms with van der Waals surface area (Å²) in [6.07, 6.45) is -1.68. The fraction of sp³-hybridized carbons (Fsp3) is 0.533. The topological polar surface area (TPSA) is 88.1 Å². The van der Waals surface area contributed by atoms with Gasteiger partial charge in [0.25, 0.3) is 6.29 Å². The molecule has 23 heavy (non-hydrogen) atoms. The maximum absolute atomic E-state index is 11.6. The Labute approximate surface area is 135 Å². The molecule has 7 nitrogen and oxygen atoms in total. The van der Waals surface area contributed by atoms with Crippen molar-refractivity contribution in [2.75, 3.05) is 12.4 Å². The number of rotatable bonds is 5. The summed E-state index contributed by atoms with van der Waals surface area (Å²) < 4.78 is 43.7. The van der Waals surface area contributed by atoms with E-state index >= 15 is 0 Å². The van der Waals surface area contributed by atoms with Gasteiger partial charge in [-0.2, -0.15) is 8.42 Å². The Hall–Kier alpha value is -1.96. The number of fused-ring (bicyclic) bond motifs is 1. The summed E-state index contributed by atoms with van der Waals surface area (Å²) in [5, 5.41) is 0. The largest absolute Gasteiger partial charge is 0.511 e. The number of benzene rings is 1. The quantitative estimate of drug-likeness (QED) is 0.599. The smallest absolute Gasteiger partial charge is 0.453 e. The Kier molecular flexibility index (Phi) is 4.74. The highest BCUT2D eigenvalue weighted by Gasteiger charge is 2.45. The molecule has 8 heteroatoms. The van der Waals surface area contributed by atoms with Crippen LogP contribution in [0.4, 0.5) is 4.79 Å². The third-order valence-electron chi connectivity index (χ3n) is 3.51. The summed E-state index contributed by atoms with van der Waals surface area (Å²) in [5.41, 5.74) is 0.00728. The summed E-state index contributed by atoms with van der Waals surface area (Å²) in [5.74, 6) is 0.572. The number of hydrogen-bond donors (Lipinski definition) is 0. The summed E-state index contributed by atoms with van der Waals surface area (Å²) in [6, 6.07) is 4.66. The SMILES string of the molecule is CCOC(=O)OC1Oc2ccc(OS(=O)(=O)CC)cc2C1(C)C. The van der Waals surface area contributed by atoms with E-state index in [1.54, 1.807) is 19.1 Å². The minimum atomic E-state index is -3.61. The van der Waals surface area contributed by atoms with E-state index in [-0.39, 0.29) is 18.1 Å². The lowest BCUT2D eigenvalue weighted by Gasteiger charge is -2.24. The van der Waals surface area contributed by atoms with Gasteiger partial charge in [-0.1, -0.05) is 0 Å². The average Bonchev–Trinajstić information content (AvgIpc) is 2.70. The second-order valence-corrected chi connectivity index (χ2v) is 7.42. The molecule has 0 amide bonds. The van der Waals surface area contributed by atoms with Gasteiger partial charge in [-0.15, -0.1) is 0 Å². The fourth-order valence-electron chi connectivity index (χ4n) is 2.17. The number of carbonyl (C=O) groups is 1. The van der Waals surface area contributed by atoms with E-state index in [1.807, 2.05) is 13.8 Å². The minimum absolute atomic E-state index is 0.126. The molecule has 1 aromatic rings. The normalized spacial score (nSPS) is 18.7. The van der Waals surface area contributed by atoms with Crippen LogP contribution in [0.3, 0.4) is 0 Å². The van der Waals surface area contributed by atoms with Crippen LogP contribution in [0.2, 0.25) is 0 Å². The van der Waals surface area contributed by atoms with Gasteiger partial charge in [0, 0.05) is 5.56 Å². The van der Waals surface area contributed by atoms with Crippen molar-refractivity contribution in [1.82, 2.24) is 0 Å². The standard InChI is InChI=1S/C15H20O7S/c1-5-19-14(16)21-13-15(3,4)11-9-10(7-8-12(11)20-13)22-23(17,18)6-2/h7-9,13H,5-6H2,1-4H3. The molecule has 1 aliphatic heterocycles. The molecule has 0 saturated carbocycles. The van der Waals surface area contributed by atoms with Gasteiger partial charge in [-0.25, -0.2) is 4.79 Å². The molecule has 0 bridgehead atoms. The van der Waals surface area contributed by atoms with Crippen LogP contribution in [0, 0.1) is 0 Å². The van der Waals surface area contributed by atoms with Crippen molar-refractivity contribution >= 4 is 16.3 Å². The molecule has 128 valence electrons. The lowest BCUT2D eigenvalue weighted by atomic mass is 9.85. The van der Waals surface area contributed by atoms with Crippen LogP contribution in [0.5, 0.6) is 11.5 Å². The maximum atomic E-state index is 11.6. The molecule has 2 rings (SSSR count). The zero-order chi connectivity index (χ0) is 17.3. The first-order valence-corrected chi connectivity index (χ1v) is 8.84. The molecule has 0 aromatic heterocycles. The van der Waals surface area contributed by atoms with Crippen molar-refractivity contribution in [3.05, 3.63) is 23.8 Å². The van der Waals surface area contributed by atoms with Crippen LogP contribution in [0.1, 0.15) is 33.3 Å². The van der Waals surface area contributed by atoms with Gasteiger partial charge >= 0.3 is 16.3 Å². The van der Waals surface area contributed by atoms with Crippen LogP contribution in [-0.2, 0) is 25.0 Å². The van der Waals surface area contributed by atoms with Crippen molar-refractivity contribution in [2.24, 2.45) is 0 Å². The Bertz CT molecular complexity index is 694. The summed E-state index contributed by atoms with van der Waals surface area (Å²) in [4.78, 5) is 11.5. The van der Waals surface area contributed by atoms with Gasteiger partial charge < -0.3 is 18.4 Å². The Morgan fingerprint density at radius 3 is 2.61 bits per heavy atom. The van der Waals surface area contributed by atoms with Crippen molar-refractivity contribution in [2.45, 2.75) is 39.4 Å². The second-order valence-electron chi connectivity index (χ2n) is 5.56. The van der Waals surface area contributed by atoms with E-state index in [0.717, 1.165) is 0 Å². The summed E-state index contributed by atoms with van der Waals surface area (Å²) >= 11 is 0. The Balaban J connectivity index is 2.24. The van der Waals surface area contributed by atoms with Crippen LogP contribution >= 0.6 is 0 Å². The van der Waals surface area contributed by atoms with E-state index in [0.29, 0.717) is 11.3 Å². The second kappa shape index (κ2) is 6.27. The number of ether oxygens (including phenoxy) is 3. The van der Waals surface area contributed by atoms with Gasteiger partial charge in [0.2, 0.25) is 0 Å². The first kappa shape index (κ1) is 17.4. The van der Waals surface area contributed by atoms with Crippen molar-refractivity contribution in [3.8, 4) is 11.5 Å². The highest BCUT2D eigenvalue weighted by molar-refractivity contribution is 7.87. The average molecular weight is 344 g/mol. The Morgan fingerprint density at radius 2 is 2.00 bits per heavy atom. The molecule has 0 saturated heterocycles. The molecule has 1 heterocycles. The molecule has 0 spiro atoms. The van der Waals surface area contributed by atoms with Crippen LogP contribution in [-0.4, -0.2) is 33.2 Å². The minimum Gasteiger partial charge on any atom is -0.453 e.